The SMILES string of the molecule is O=C(/C=C/c1ccc(F)cc1)c1ccc(Br)cc1. The molecule has 0 N–H and O–H groups in total. The molecule has 2 aromatic carbocycles. The minimum atomic E-state index is -0.286. The molecule has 0 aliphatic carbocycles. The summed E-state index contributed by atoms with van der Waals surface area (Å²) in [6, 6.07) is 13.1. The first-order valence-electron chi connectivity index (χ1n) is 5.39. The molecule has 0 fully saturated rings. The smallest absolute Gasteiger partial charge is 0.185 e. The van der Waals surface area contributed by atoms with Gasteiger partial charge in [0.05, 0.1) is 0 Å². The molecule has 1 nitrogen and oxygen atoms in total. The average Bonchev–Trinajstić information content (AvgIpc) is 2.38. The minimum absolute atomic E-state index is 0.0770. The summed E-state index contributed by atoms with van der Waals surface area (Å²) in [6.45, 7) is 0. The summed E-state index contributed by atoms with van der Waals surface area (Å²) < 4.78 is 13.6. The van der Waals surface area contributed by atoms with Gasteiger partial charge in [0.1, 0.15) is 5.82 Å². The maximum Gasteiger partial charge on any atom is 0.185 e. The number of hydrogen-bond acceptors (Lipinski definition) is 1. The third kappa shape index (κ3) is 3.37. The number of hydrogen-bond donors (Lipinski definition) is 0. The fraction of sp³-hybridized carbons (Fsp3) is 0. The highest BCUT2D eigenvalue weighted by Gasteiger charge is 2.00. The van der Waals surface area contributed by atoms with Gasteiger partial charge in [-0.3, -0.25) is 4.79 Å². The van der Waals surface area contributed by atoms with E-state index in [0.29, 0.717) is 5.56 Å². The molecule has 3 heteroatoms. The zero-order valence-electron chi connectivity index (χ0n) is 9.44. The molecule has 0 amide bonds. The average molecular weight is 305 g/mol. The van der Waals surface area contributed by atoms with Gasteiger partial charge < -0.3 is 0 Å². The Hall–Kier alpha value is -1.74. The predicted octanol–water partition coefficient (Wildman–Crippen LogP) is 4.48. The van der Waals surface area contributed by atoms with Crippen molar-refractivity contribution >= 4 is 27.8 Å². The van der Waals surface area contributed by atoms with Crippen LogP contribution in [0.25, 0.3) is 6.08 Å². The van der Waals surface area contributed by atoms with Crippen molar-refractivity contribution in [3.05, 3.63) is 76.0 Å². The van der Waals surface area contributed by atoms with E-state index < -0.39 is 0 Å². The Morgan fingerprint density at radius 3 is 2.22 bits per heavy atom. The maximum absolute atomic E-state index is 12.7. The van der Waals surface area contributed by atoms with E-state index in [9.17, 15) is 9.18 Å². The molecular weight excluding hydrogens is 295 g/mol. The second kappa shape index (κ2) is 5.74. The van der Waals surface area contributed by atoms with Crippen LogP contribution in [0.5, 0.6) is 0 Å². The van der Waals surface area contributed by atoms with Crippen molar-refractivity contribution in [1.29, 1.82) is 0 Å². The first kappa shape index (κ1) is 12.7. The highest BCUT2D eigenvalue weighted by atomic mass is 79.9. The summed E-state index contributed by atoms with van der Waals surface area (Å²) in [4.78, 5) is 11.8. The van der Waals surface area contributed by atoms with E-state index in [1.165, 1.54) is 18.2 Å². The van der Waals surface area contributed by atoms with Crippen molar-refractivity contribution in [2.24, 2.45) is 0 Å². The summed E-state index contributed by atoms with van der Waals surface area (Å²) in [5.41, 5.74) is 1.42. The highest BCUT2D eigenvalue weighted by Crippen LogP contribution is 2.12. The molecule has 2 rings (SSSR count). The molecule has 0 radical (unpaired) electrons. The van der Waals surface area contributed by atoms with E-state index in [1.54, 1.807) is 30.3 Å². The number of allylic oxidation sites excluding steroid dienone is 1. The second-order valence-corrected chi connectivity index (χ2v) is 4.67. The molecule has 18 heavy (non-hydrogen) atoms. The number of rotatable bonds is 3. The third-order valence-electron chi connectivity index (χ3n) is 2.43. The van der Waals surface area contributed by atoms with Crippen LogP contribution >= 0.6 is 15.9 Å². The highest BCUT2D eigenvalue weighted by molar-refractivity contribution is 9.10. The topological polar surface area (TPSA) is 17.1 Å². The lowest BCUT2D eigenvalue weighted by atomic mass is 10.1. The summed E-state index contributed by atoms with van der Waals surface area (Å²) >= 11 is 3.31. The molecular formula is C15H10BrFO. The van der Waals surface area contributed by atoms with E-state index in [2.05, 4.69) is 15.9 Å². The normalized spacial score (nSPS) is 10.8. The van der Waals surface area contributed by atoms with Gasteiger partial charge in [-0.1, -0.05) is 34.1 Å². The molecule has 0 aliphatic heterocycles. The lowest BCUT2D eigenvalue weighted by Crippen LogP contribution is -1.93. The maximum atomic E-state index is 12.7. The van der Waals surface area contributed by atoms with Gasteiger partial charge in [0.2, 0.25) is 0 Å². The fourth-order valence-electron chi connectivity index (χ4n) is 1.46. The van der Waals surface area contributed by atoms with Crippen molar-refractivity contribution in [1.82, 2.24) is 0 Å². The summed E-state index contributed by atoms with van der Waals surface area (Å²) in [7, 11) is 0. The van der Waals surface area contributed by atoms with Gasteiger partial charge >= 0.3 is 0 Å². The van der Waals surface area contributed by atoms with E-state index in [1.807, 2.05) is 12.1 Å². The number of halogens is 2. The van der Waals surface area contributed by atoms with Crippen LogP contribution in [-0.2, 0) is 0 Å². The standard InChI is InChI=1S/C15H10BrFO/c16-13-6-4-12(5-7-13)15(18)10-3-11-1-8-14(17)9-2-11/h1-10H/b10-3+. The van der Waals surface area contributed by atoms with Gasteiger partial charge in [0.15, 0.2) is 5.78 Å². The van der Waals surface area contributed by atoms with Crippen molar-refractivity contribution < 1.29 is 9.18 Å². The van der Waals surface area contributed by atoms with Gasteiger partial charge in [-0.2, -0.15) is 0 Å². The van der Waals surface area contributed by atoms with Crippen LogP contribution in [0.4, 0.5) is 4.39 Å². The molecule has 0 saturated carbocycles. The number of ketones is 1. The fourth-order valence-corrected chi connectivity index (χ4v) is 1.72. The van der Waals surface area contributed by atoms with Crippen molar-refractivity contribution in [3.63, 3.8) is 0 Å². The van der Waals surface area contributed by atoms with Gasteiger partial charge in [-0.05, 0) is 48.0 Å². The Balaban J connectivity index is 2.11. The second-order valence-electron chi connectivity index (χ2n) is 3.76. The van der Waals surface area contributed by atoms with Crippen LogP contribution in [0, 0.1) is 5.82 Å². The van der Waals surface area contributed by atoms with E-state index in [0.717, 1.165) is 10.0 Å². The minimum Gasteiger partial charge on any atom is -0.289 e. The third-order valence-corrected chi connectivity index (χ3v) is 2.95. The van der Waals surface area contributed by atoms with Gasteiger partial charge in [-0.15, -0.1) is 0 Å². The first-order valence-corrected chi connectivity index (χ1v) is 6.18. The molecule has 0 atom stereocenters. The van der Waals surface area contributed by atoms with Crippen molar-refractivity contribution in [3.8, 4) is 0 Å². The Morgan fingerprint density at radius 2 is 1.61 bits per heavy atom. The molecule has 0 unspecified atom stereocenters. The number of carbonyl (C=O) groups excluding carboxylic acids is 1. The van der Waals surface area contributed by atoms with Crippen molar-refractivity contribution in [2.75, 3.05) is 0 Å². The predicted molar refractivity (Wildman–Crippen MR) is 73.9 cm³/mol. The Labute approximate surface area is 113 Å². The largest absolute Gasteiger partial charge is 0.289 e. The summed E-state index contributed by atoms with van der Waals surface area (Å²) in [5, 5.41) is 0. The Bertz CT molecular complexity index is 570. The Morgan fingerprint density at radius 1 is 1.00 bits per heavy atom. The summed E-state index contributed by atoms with van der Waals surface area (Å²) in [6.07, 6.45) is 3.15. The van der Waals surface area contributed by atoms with E-state index in [-0.39, 0.29) is 11.6 Å². The van der Waals surface area contributed by atoms with Crippen LogP contribution < -0.4 is 0 Å². The van der Waals surface area contributed by atoms with Gasteiger partial charge in [0, 0.05) is 10.0 Å². The van der Waals surface area contributed by atoms with E-state index >= 15 is 0 Å². The van der Waals surface area contributed by atoms with E-state index in [4.69, 9.17) is 0 Å². The van der Waals surface area contributed by atoms with Gasteiger partial charge in [0.25, 0.3) is 0 Å². The molecule has 0 aromatic heterocycles. The number of carbonyl (C=O) groups is 1. The molecule has 0 heterocycles. The summed E-state index contributed by atoms with van der Waals surface area (Å²) in [5.74, 6) is -0.363. The van der Waals surface area contributed by atoms with Crippen LogP contribution in [-0.4, -0.2) is 5.78 Å². The molecule has 0 saturated heterocycles. The number of benzene rings is 2. The zero-order valence-corrected chi connectivity index (χ0v) is 11.0. The first-order chi connectivity index (χ1) is 8.65. The molecule has 0 aliphatic rings. The monoisotopic (exact) mass is 304 g/mol. The lowest BCUT2D eigenvalue weighted by molar-refractivity contribution is 0.104. The molecule has 90 valence electrons. The lowest BCUT2D eigenvalue weighted by Gasteiger charge is -1.96. The van der Waals surface area contributed by atoms with Crippen LogP contribution in [0.2, 0.25) is 0 Å². The van der Waals surface area contributed by atoms with Crippen molar-refractivity contribution in [2.45, 2.75) is 0 Å². The molecule has 2 aromatic rings. The van der Waals surface area contributed by atoms with Crippen LogP contribution in [0.15, 0.2) is 59.1 Å². The molecule has 0 spiro atoms. The van der Waals surface area contributed by atoms with Crippen LogP contribution in [0.1, 0.15) is 15.9 Å². The Kier molecular flexibility index (Phi) is 4.05. The zero-order chi connectivity index (χ0) is 13.0. The quantitative estimate of drug-likeness (QED) is 0.603. The van der Waals surface area contributed by atoms with Gasteiger partial charge in [-0.25, -0.2) is 4.39 Å². The van der Waals surface area contributed by atoms with Crippen LogP contribution in [0.3, 0.4) is 0 Å². The molecule has 0 bridgehead atoms.